The van der Waals surface area contributed by atoms with Crippen molar-refractivity contribution in [3.05, 3.63) is 42.2 Å². The zero-order chi connectivity index (χ0) is 13.9. The first-order valence-electron chi connectivity index (χ1n) is 6.95. The Morgan fingerprint density at radius 3 is 3.10 bits per heavy atom. The highest BCUT2D eigenvalue weighted by molar-refractivity contribution is 5.40. The Morgan fingerprint density at radius 2 is 2.40 bits per heavy atom. The lowest BCUT2D eigenvalue weighted by Gasteiger charge is -2.14. The van der Waals surface area contributed by atoms with E-state index in [1.54, 1.807) is 12.4 Å². The molecule has 1 aliphatic heterocycles. The van der Waals surface area contributed by atoms with Crippen LogP contribution in [0, 0.1) is 5.82 Å². The van der Waals surface area contributed by atoms with E-state index < -0.39 is 0 Å². The van der Waals surface area contributed by atoms with E-state index in [1.165, 1.54) is 6.07 Å². The Balaban J connectivity index is 1.93. The van der Waals surface area contributed by atoms with Crippen molar-refractivity contribution in [3.8, 4) is 11.4 Å². The smallest absolute Gasteiger partial charge is 0.167 e. The molecule has 1 aromatic carbocycles. The predicted octanol–water partition coefficient (Wildman–Crippen LogP) is 2.49. The maximum atomic E-state index is 14.0. The van der Waals surface area contributed by atoms with Gasteiger partial charge in [-0.3, -0.25) is 0 Å². The molecule has 0 radical (unpaired) electrons. The third-order valence-corrected chi connectivity index (χ3v) is 3.64. The van der Waals surface area contributed by atoms with Crippen LogP contribution >= 0.6 is 0 Å². The number of hydrogen-bond acceptors (Lipinski definition) is 3. The van der Waals surface area contributed by atoms with Gasteiger partial charge in [-0.05, 0) is 32.0 Å². The van der Waals surface area contributed by atoms with Crippen molar-refractivity contribution >= 4 is 0 Å². The minimum atomic E-state index is -0.339. The molecule has 0 spiro atoms. The van der Waals surface area contributed by atoms with E-state index in [-0.39, 0.29) is 5.82 Å². The monoisotopic (exact) mass is 275 g/mol. The van der Waals surface area contributed by atoms with Crippen LogP contribution in [0.15, 0.2) is 30.7 Å². The average molecular weight is 275 g/mol. The van der Waals surface area contributed by atoms with Gasteiger partial charge in [0.2, 0.25) is 0 Å². The first-order valence-corrected chi connectivity index (χ1v) is 6.95. The molecule has 2 aromatic rings. The number of imidazole rings is 1. The van der Waals surface area contributed by atoms with Crippen LogP contribution in [0.2, 0.25) is 0 Å². The zero-order valence-corrected chi connectivity index (χ0v) is 11.5. The fraction of sp³-hybridized carbons (Fsp3) is 0.400. The minimum Gasteiger partial charge on any atom is -0.491 e. The molecule has 0 bridgehead atoms. The number of benzene rings is 1. The SMILES string of the molecule is CCOc1ccc(-n2cncc2C2CCNC2)cc1F. The summed E-state index contributed by atoms with van der Waals surface area (Å²) in [4.78, 5) is 4.21. The minimum absolute atomic E-state index is 0.292. The van der Waals surface area contributed by atoms with Crippen LogP contribution in [0.5, 0.6) is 5.75 Å². The average Bonchev–Trinajstić information content (AvgIpc) is 3.11. The quantitative estimate of drug-likeness (QED) is 0.931. The van der Waals surface area contributed by atoms with Gasteiger partial charge in [-0.1, -0.05) is 0 Å². The van der Waals surface area contributed by atoms with Crippen LogP contribution in [0.4, 0.5) is 4.39 Å². The first kappa shape index (κ1) is 13.1. The fourth-order valence-corrected chi connectivity index (χ4v) is 2.64. The number of halogens is 1. The van der Waals surface area contributed by atoms with Crippen LogP contribution in [0.3, 0.4) is 0 Å². The van der Waals surface area contributed by atoms with E-state index in [2.05, 4.69) is 10.3 Å². The summed E-state index contributed by atoms with van der Waals surface area (Å²) in [5.41, 5.74) is 1.91. The van der Waals surface area contributed by atoms with Crippen molar-refractivity contribution in [1.29, 1.82) is 0 Å². The molecule has 20 heavy (non-hydrogen) atoms. The van der Waals surface area contributed by atoms with Crippen molar-refractivity contribution in [2.75, 3.05) is 19.7 Å². The molecule has 5 heteroatoms. The van der Waals surface area contributed by atoms with Gasteiger partial charge in [0.15, 0.2) is 11.6 Å². The molecule has 106 valence electrons. The normalized spacial score (nSPS) is 18.4. The molecule has 1 N–H and O–H groups in total. The van der Waals surface area contributed by atoms with Crippen LogP contribution in [0.1, 0.15) is 25.0 Å². The van der Waals surface area contributed by atoms with Gasteiger partial charge in [-0.2, -0.15) is 0 Å². The van der Waals surface area contributed by atoms with Crippen LogP contribution in [-0.2, 0) is 0 Å². The number of ether oxygens (including phenoxy) is 1. The van der Waals surface area contributed by atoms with Gasteiger partial charge in [0.25, 0.3) is 0 Å². The number of nitrogens with zero attached hydrogens (tertiary/aromatic N) is 2. The highest BCUT2D eigenvalue weighted by Crippen LogP contribution is 2.26. The Bertz CT molecular complexity index is 591. The summed E-state index contributed by atoms with van der Waals surface area (Å²) < 4.78 is 21.2. The molecule has 0 saturated carbocycles. The van der Waals surface area contributed by atoms with E-state index in [1.807, 2.05) is 23.8 Å². The van der Waals surface area contributed by atoms with Crippen LogP contribution < -0.4 is 10.1 Å². The van der Waals surface area contributed by atoms with Gasteiger partial charge in [-0.25, -0.2) is 9.37 Å². The maximum absolute atomic E-state index is 14.0. The van der Waals surface area contributed by atoms with Gasteiger partial charge in [0, 0.05) is 36.1 Å². The van der Waals surface area contributed by atoms with Gasteiger partial charge >= 0.3 is 0 Å². The van der Waals surface area contributed by atoms with E-state index in [0.29, 0.717) is 18.3 Å². The summed E-state index contributed by atoms with van der Waals surface area (Å²) >= 11 is 0. The molecule has 1 unspecified atom stereocenters. The Morgan fingerprint density at radius 1 is 1.50 bits per heavy atom. The second-order valence-corrected chi connectivity index (χ2v) is 4.93. The van der Waals surface area contributed by atoms with Crippen molar-refractivity contribution in [2.45, 2.75) is 19.3 Å². The molecule has 0 amide bonds. The van der Waals surface area contributed by atoms with E-state index in [4.69, 9.17) is 4.74 Å². The molecule has 3 rings (SSSR count). The Labute approximate surface area is 117 Å². The zero-order valence-electron chi connectivity index (χ0n) is 11.5. The molecule has 1 atom stereocenters. The molecular formula is C15H18FN3O. The summed E-state index contributed by atoms with van der Waals surface area (Å²) in [5.74, 6) is 0.390. The predicted molar refractivity (Wildman–Crippen MR) is 74.9 cm³/mol. The van der Waals surface area contributed by atoms with E-state index in [0.717, 1.165) is 30.9 Å². The first-order chi connectivity index (χ1) is 9.79. The Kier molecular flexibility index (Phi) is 3.69. The Hall–Kier alpha value is -1.88. The highest BCUT2D eigenvalue weighted by Gasteiger charge is 2.21. The molecular weight excluding hydrogens is 257 g/mol. The van der Waals surface area contributed by atoms with Gasteiger partial charge in [-0.15, -0.1) is 0 Å². The fourth-order valence-electron chi connectivity index (χ4n) is 2.64. The standard InChI is InChI=1S/C15H18FN3O/c1-2-20-15-4-3-12(7-13(15)16)19-10-18-9-14(19)11-5-6-17-8-11/h3-4,7,9-11,17H,2,5-6,8H2,1H3. The number of aromatic nitrogens is 2. The lowest BCUT2D eigenvalue weighted by molar-refractivity contribution is 0.321. The van der Waals surface area contributed by atoms with Gasteiger partial charge < -0.3 is 14.6 Å². The third-order valence-electron chi connectivity index (χ3n) is 3.64. The number of nitrogens with one attached hydrogen (secondary N) is 1. The largest absolute Gasteiger partial charge is 0.491 e. The summed E-state index contributed by atoms with van der Waals surface area (Å²) in [6.07, 6.45) is 4.69. The number of hydrogen-bond donors (Lipinski definition) is 1. The summed E-state index contributed by atoms with van der Waals surface area (Å²) in [6, 6.07) is 5.03. The molecule has 1 aromatic heterocycles. The summed E-state index contributed by atoms with van der Waals surface area (Å²) in [6.45, 7) is 4.27. The molecule has 1 fully saturated rings. The van der Waals surface area contributed by atoms with Crippen molar-refractivity contribution in [2.24, 2.45) is 0 Å². The summed E-state index contributed by atoms with van der Waals surface area (Å²) in [5, 5.41) is 3.34. The molecule has 2 heterocycles. The van der Waals surface area contributed by atoms with E-state index >= 15 is 0 Å². The van der Waals surface area contributed by atoms with Gasteiger partial charge in [0.1, 0.15) is 0 Å². The van der Waals surface area contributed by atoms with Crippen LogP contribution in [0.25, 0.3) is 5.69 Å². The van der Waals surface area contributed by atoms with E-state index in [9.17, 15) is 4.39 Å². The highest BCUT2D eigenvalue weighted by atomic mass is 19.1. The van der Waals surface area contributed by atoms with Crippen molar-refractivity contribution in [1.82, 2.24) is 14.9 Å². The second kappa shape index (κ2) is 5.63. The second-order valence-electron chi connectivity index (χ2n) is 4.93. The lowest BCUT2D eigenvalue weighted by atomic mass is 10.1. The maximum Gasteiger partial charge on any atom is 0.167 e. The summed E-state index contributed by atoms with van der Waals surface area (Å²) in [7, 11) is 0. The van der Waals surface area contributed by atoms with Gasteiger partial charge in [0.05, 0.1) is 12.9 Å². The van der Waals surface area contributed by atoms with Crippen molar-refractivity contribution in [3.63, 3.8) is 0 Å². The van der Waals surface area contributed by atoms with Crippen LogP contribution in [-0.4, -0.2) is 29.2 Å². The third kappa shape index (κ3) is 2.41. The molecule has 1 aliphatic rings. The number of rotatable bonds is 4. The topological polar surface area (TPSA) is 39.1 Å². The van der Waals surface area contributed by atoms with Crippen molar-refractivity contribution < 1.29 is 9.13 Å². The molecule has 1 saturated heterocycles. The molecule has 4 nitrogen and oxygen atoms in total. The lowest BCUT2D eigenvalue weighted by Crippen LogP contribution is -2.10. The molecule has 0 aliphatic carbocycles.